The molecule has 1 aromatic heterocycles. The van der Waals surface area contributed by atoms with E-state index in [4.69, 9.17) is 14.2 Å². The van der Waals surface area contributed by atoms with Crippen LogP contribution in [0, 0.1) is 5.92 Å². The van der Waals surface area contributed by atoms with Crippen LogP contribution in [0.5, 0.6) is 11.6 Å². The summed E-state index contributed by atoms with van der Waals surface area (Å²) in [6, 6.07) is 0. The first-order valence-corrected chi connectivity index (χ1v) is 6.52. The van der Waals surface area contributed by atoms with Gasteiger partial charge in [0.15, 0.2) is 5.82 Å². The first-order chi connectivity index (χ1) is 9.19. The van der Waals surface area contributed by atoms with Crippen molar-refractivity contribution in [2.45, 2.75) is 20.8 Å². The fourth-order valence-corrected chi connectivity index (χ4v) is 1.45. The summed E-state index contributed by atoms with van der Waals surface area (Å²) in [6.07, 6.45) is 1.45. The van der Waals surface area contributed by atoms with Crippen molar-refractivity contribution in [2.24, 2.45) is 5.92 Å². The van der Waals surface area contributed by atoms with Crippen molar-refractivity contribution < 1.29 is 14.2 Å². The van der Waals surface area contributed by atoms with Crippen LogP contribution in [0.15, 0.2) is 6.33 Å². The zero-order chi connectivity index (χ0) is 14.1. The molecule has 1 aromatic rings. The van der Waals surface area contributed by atoms with Crippen LogP contribution in [-0.2, 0) is 4.74 Å². The van der Waals surface area contributed by atoms with Gasteiger partial charge in [0.05, 0.1) is 13.7 Å². The van der Waals surface area contributed by atoms with E-state index in [-0.39, 0.29) is 0 Å². The molecule has 0 atom stereocenters. The Bertz CT molecular complexity index is 372. The summed E-state index contributed by atoms with van der Waals surface area (Å²) in [4.78, 5) is 8.18. The predicted octanol–water partition coefficient (Wildman–Crippen LogP) is 1.97. The van der Waals surface area contributed by atoms with Crippen LogP contribution in [0.2, 0.25) is 0 Å². The Balaban J connectivity index is 2.50. The molecule has 0 aliphatic carbocycles. The van der Waals surface area contributed by atoms with Crippen LogP contribution >= 0.6 is 0 Å². The third-order valence-corrected chi connectivity index (χ3v) is 2.24. The monoisotopic (exact) mass is 269 g/mol. The minimum Gasteiger partial charge on any atom is -0.489 e. The number of ether oxygens (including phenoxy) is 3. The van der Waals surface area contributed by atoms with Gasteiger partial charge in [-0.25, -0.2) is 4.98 Å². The fourth-order valence-electron chi connectivity index (χ4n) is 1.45. The Morgan fingerprint density at radius 1 is 1.26 bits per heavy atom. The van der Waals surface area contributed by atoms with Crippen LogP contribution in [0.1, 0.15) is 20.8 Å². The van der Waals surface area contributed by atoms with Crippen molar-refractivity contribution in [1.29, 1.82) is 0 Å². The molecular weight excluding hydrogens is 246 g/mol. The van der Waals surface area contributed by atoms with Crippen molar-refractivity contribution in [1.82, 2.24) is 9.97 Å². The highest BCUT2D eigenvalue weighted by Gasteiger charge is 2.12. The van der Waals surface area contributed by atoms with Gasteiger partial charge >= 0.3 is 0 Å². The summed E-state index contributed by atoms with van der Waals surface area (Å²) in [6.45, 7) is 8.65. The molecule has 6 nitrogen and oxygen atoms in total. The number of nitrogens with zero attached hydrogens (tertiary/aromatic N) is 2. The lowest BCUT2D eigenvalue weighted by Crippen LogP contribution is -2.12. The van der Waals surface area contributed by atoms with Gasteiger partial charge in [0, 0.05) is 13.2 Å². The average molecular weight is 269 g/mol. The second-order valence-corrected chi connectivity index (χ2v) is 4.41. The lowest BCUT2D eigenvalue weighted by molar-refractivity contribution is 0.0796. The Labute approximate surface area is 114 Å². The Hall–Kier alpha value is -1.56. The lowest BCUT2D eigenvalue weighted by Gasteiger charge is -2.13. The maximum atomic E-state index is 5.56. The zero-order valence-electron chi connectivity index (χ0n) is 12.1. The average Bonchev–Trinajstić information content (AvgIpc) is 2.38. The molecule has 19 heavy (non-hydrogen) atoms. The van der Waals surface area contributed by atoms with E-state index in [0.29, 0.717) is 36.6 Å². The van der Waals surface area contributed by atoms with Crippen LogP contribution < -0.4 is 14.8 Å². The minimum atomic E-state index is 0.432. The van der Waals surface area contributed by atoms with E-state index < -0.39 is 0 Å². The minimum absolute atomic E-state index is 0.432. The fraction of sp³-hybridized carbons (Fsp3) is 0.692. The molecule has 0 saturated heterocycles. The normalized spacial score (nSPS) is 10.6. The topological polar surface area (TPSA) is 65.5 Å². The highest BCUT2D eigenvalue weighted by atomic mass is 16.5. The van der Waals surface area contributed by atoms with E-state index >= 15 is 0 Å². The highest BCUT2D eigenvalue weighted by molar-refractivity contribution is 5.54. The second kappa shape index (κ2) is 8.53. The summed E-state index contributed by atoms with van der Waals surface area (Å²) in [5.74, 6) is 2.11. The van der Waals surface area contributed by atoms with E-state index in [0.717, 1.165) is 13.2 Å². The SMILES string of the molecule is CCNc1ncnc(OCCOCC(C)C)c1OC. The van der Waals surface area contributed by atoms with E-state index in [1.54, 1.807) is 7.11 Å². The van der Waals surface area contributed by atoms with Crippen LogP contribution in [0.4, 0.5) is 5.82 Å². The van der Waals surface area contributed by atoms with Gasteiger partial charge in [-0.1, -0.05) is 13.8 Å². The van der Waals surface area contributed by atoms with Crippen molar-refractivity contribution in [2.75, 3.05) is 38.8 Å². The molecule has 0 aliphatic heterocycles. The summed E-state index contributed by atoms with van der Waals surface area (Å²) >= 11 is 0. The van der Waals surface area contributed by atoms with Gasteiger partial charge < -0.3 is 19.5 Å². The summed E-state index contributed by atoms with van der Waals surface area (Å²) in [5.41, 5.74) is 0. The summed E-state index contributed by atoms with van der Waals surface area (Å²) < 4.78 is 16.3. The van der Waals surface area contributed by atoms with Gasteiger partial charge in [-0.2, -0.15) is 4.98 Å². The third-order valence-electron chi connectivity index (χ3n) is 2.24. The molecule has 0 amide bonds. The number of rotatable bonds is 9. The van der Waals surface area contributed by atoms with Gasteiger partial charge in [-0.3, -0.25) is 0 Å². The molecule has 0 bridgehead atoms. The number of hydrogen-bond acceptors (Lipinski definition) is 6. The Kier molecular flexibility index (Phi) is 6.95. The summed E-state index contributed by atoms with van der Waals surface area (Å²) in [5, 5.41) is 3.10. The predicted molar refractivity (Wildman–Crippen MR) is 73.9 cm³/mol. The largest absolute Gasteiger partial charge is 0.489 e. The Morgan fingerprint density at radius 3 is 2.68 bits per heavy atom. The maximum absolute atomic E-state index is 5.56. The first-order valence-electron chi connectivity index (χ1n) is 6.52. The number of anilines is 1. The van der Waals surface area contributed by atoms with Crippen LogP contribution in [-0.4, -0.2) is 43.4 Å². The van der Waals surface area contributed by atoms with E-state index in [9.17, 15) is 0 Å². The molecule has 1 N–H and O–H groups in total. The van der Waals surface area contributed by atoms with E-state index in [1.165, 1.54) is 6.33 Å². The molecule has 0 saturated carbocycles. The van der Waals surface area contributed by atoms with Gasteiger partial charge in [0.1, 0.15) is 12.9 Å². The molecule has 0 spiro atoms. The Morgan fingerprint density at radius 2 is 2.05 bits per heavy atom. The first kappa shape index (κ1) is 15.5. The molecule has 0 fully saturated rings. The third kappa shape index (κ3) is 5.30. The molecule has 6 heteroatoms. The van der Waals surface area contributed by atoms with E-state index in [1.807, 2.05) is 6.92 Å². The molecule has 0 unspecified atom stereocenters. The molecule has 108 valence electrons. The number of aromatic nitrogens is 2. The van der Waals surface area contributed by atoms with E-state index in [2.05, 4.69) is 29.1 Å². The second-order valence-electron chi connectivity index (χ2n) is 4.41. The molecule has 1 rings (SSSR count). The molecule has 0 aliphatic rings. The van der Waals surface area contributed by atoms with Crippen molar-refractivity contribution in [3.8, 4) is 11.6 Å². The summed E-state index contributed by atoms with van der Waals surface area (Å²) in [7, 11) is 1.57. The number of hydrogen-bond donors (Lipinski definition) is 1. The molecule has 0 radical (unpaired) electrons. The molecule has 0 aromatic carbocycles. The quantitative estimate of drug-likeness (QED) is 0.691. The van der Waals surface area contributed by atoms with Crippen LogP contribution in [0.25, 0.3) is 0 Å². The van der Waals surface area contributed by atoms with Crippen molar-refractivity contribution >= 4 is 5.82 Å². The van der Waals surface area contributed by atoms with Crippen LogP contribution in [0.3, 0.4) is 0 Å². The van der Waals surface area contributed by atoms with Gasteiger partial charge in [-0.05, 0) is 12.8 Å². The smallest absolute Gasteiger partial charge is 0.262 e. The van der Waals surface area contributed by atoms with Gasteiger partial charge in [-0.15, -0.1) is 0 Å². The zero-order valence-corrected chi connectivity index (χ0v) is 12.1. The molecule has 1 heterocycles. The highest BCUT2D eigenvalue weighted by Crippen LogP contribution is 2.30. The van der Waals surface area contributed by atoms with Gasteiger partial charge in [0.25, 0.3) is 5.88 Å². The number of methoxy groups -OCH3 is 1. The van der Waals surface area contributed by atoms with Crippen molar-refractivity contribution in [3.05, 3.63) is 6.33 Å². The van der Waals surface area contributed by atoms with Crippen molar-refractivity contribution in [3.63, 3.8) is 0 Å². The maximum Gasteiger partial charge on any atom is 0.262 e. The van der Waals surface area contributed by atoms with Gasteiger partial charge in [0.2, 0.25) is 5.75 Å². The lowest BCUT2D eigenvalue weighted by atomic mass is 10.2. The number of nitrogens with one attached hydrogen (secondary N) is 1. The molecular formula is C13H23N3O3. The standard InChI is InChI=1S/C13H23N3O3/c1-5-14-12-11(17-4)13(16-9-15-12)19-7-6-18-8-10(2)3/h9-10H,5-8H2,1-4H3,(H,14,15,16).